The molecule has 22 heavy (non-hydrogen) atoms. The van der Waals surface area contributed by atoms with E-state index in [9.17, 15) is 0 Å². The fourth-order valence-corrected chi connectivity index (χ4v) is 2.95. The van der Waals surface area contributed by atoms with Crippen molar-refractivity contribution in [1.82, 2.24) is 10.2 Å². The Morgan fingerprint density at radius 2 is 1.95 bits per heavy atom. The standard InChI is InChI=1S/C18H32N2O2/c1-16(2)5-6-17(18-4-3-13-22-18)7-8-19-9-10-20-11-14-21-15-12-20/h3-4,13,16-17,19H,5-12,14-15H2,1-2H3/t17-/m0/s1. The zero-order chi connectivity index (χ0) is 15.6. The van der Waals surface area contributed by atoms with Crippen LogP contribution in [0.1, 0.15) is 44.8 Å². The highest BCUT2D eigenvalue weighted by Crippen LogP contribution is 2.26. The van der Waals surface area contributed by atoms with Gasteiger partial charge in [-0.15, -0.1) is 0 Å². The van der Waals surface area contributed by atoms with Gasteiger partial charge >= 0.3 is 0 Å². The molecule has 1 aliphatic heterocycles. The van der Waals surface area contributed by atoms with E-state index in [0.29, 0.717) is 5.92 Å². The third-order valence-corrected chi connectivity index (χ3v) is 4.42. The van der Waals surface area contributed by atoms with Gasteiger partial charge in [-0.1, -0.05) is 20.3 Å². The molecule has 1 fully saturated rings. The minimum Gasteiger partial charge on any atom is -0.469 e. The number of ether oxygens (including phenoxy) is 1. The number of furan rings is 1. The van der Waals surface area contributed by atoms with E-state index < -0.39 is 0 Å². The molecule has 0 amide bonds. The number of hydrogen-bond acceptors (Lipinski definition) is 4. The monoisotopic (exact) mass is 308 g/mol. The van der Waals surface area contributed by atoms with Crippen LogP contribution in [0.4, 0.5) is 0 Å². The number of nitrogens with zero attached hydrogens (tertiary/aromatic N) is 1. The molecule has 0 bridgehead atoms. The zero-order valence-electron chi connectivity index (χ0n) is 14.2. The molecular formula is C18H32N2O2. The maximum absolute atomic E-state index is 5.63. The van der Waals surface area contributed by atoms with Gasteiger partial charge in [0.05, 0.1) is 19.5 Å². The van der Waals surface area contributed by atoms with Crippen molar-refractivity contribution in [2.24, 2.45) is 5.92 Å². The molecule has 0 aromatic carbocycles. The maximum atomic E-state index is 5.63. The summed E-state index contributed by atoms with van der Waals surface area (Å²) in [6, 6.07) is 4.13. The third-order valence-electron chi connectivity index (χ3n) is 4.42. The van der Waals surface area contributed by atoms with Gasteiger partial charge in [0.15, 0.2) is 0 Å². The molecule has 1 saturated heterocycles. The largest absolute Gasteiger partial charge is 0.469 e. The molecule has 2 heterocycles. The molecule has 4 nitrogen and oxygen atoms in total. The Hall–Kier alpha value is -0.840. The van der Waals surface area contributed by atoms with Crippen molar-refractivity contribution >= 4 is 0 Å². The van der Waals surface area contributed by atoms with E-state index >= 15 is 0 Å². The lowest BCUT2D eigenvalue weighted by Gasteiger charge is -2.26. The van der Waals surface area contributed by atoms with Crippen molar-refractivity contribution < 1.29 is 9.15 Å². The number of hydrogen-bond donors (Lipinski definition) is 1. The summed E-state index contributed by atoms with van der Waals surface area (Å²) in [7, 11) is 0. The fourth-order valence-electron chi connectivity index (χ4n) is 2.95. The lowest BCUT2D eigenvalue weighted by Crippen LogP contribution is -2.40. The van der Waals surface area contributed by atoms with Gasteiger partial charge in [-0.05, 0) is 37.4 Å². The van der Waals surface area contributed by atoms with E-state index in [-0.39, 0.29) is 0 Å². The predicted octanol–water partition coefficient (Wildman–Crippen LogP) is 3.11. The summed E-state index contributed by atoms with van der Waals surface area (Å²) in [5, 5.41) is 3.59. The predicted molar refractivity (Wildman–Crippen MR) is 90.3 cm³/mol. The molecule has 4 heteroatoms. The maximum Gasteiger partial charge on any atom is 0.106 e. The SMILES string of the molecule is CC(C)CC[C@@H](CCNCCN1CCOCC1)c1ccco1. The molecule has 0 aliphatic carbocycles. The van der Waals surface area contributed by atoms with Gasteiger partial charge in [0.1, 0.15) is 5.76 Å². The summed E-state index contributed by atoms with van der Waals surface area (Å²) in [6.45, 7) is 11.8. The van der Waals surface area contributed by atoms with Crippen LogP contribution in [0.15, 0.2) is 22.8 Å². The van der Waals surface area contributed by atoms with E-state index in [2.05, 4.69) is 30.1 Å². The van der Waals surface area contributed by atoms with Gasteiger partial charge in [0.2, 0.25) is 0 Å². The minimum absolute atomic E-state index is 0.549. The Kier molecular flexibility index (Phi) is 7.99. The van der Waals surface area contributed by atoms with Crippen molar-refractivity contribution in [2.45, 2.75) is 39.0 Å². The van der Waals surface area contributed by atoms with Crippen LogP contribution >= 0.6 is 0 Å². The molecule has 126 valence electrons. The zero-order valence-corrected chi connectivity index (χ0v) is 14.2. The molecular weight excluding hydrogens is 276 g/mol. The van der Waals surface area contributed by atoms with Crippen LogP contribution in [0, 0.1) is 5.92 Å². The highest BCUT2D eigenvalue weighted by Gasteiger charge is 2.15. The number of rotatable bonds is 10. The Morgan fingerprint density at radius 1 is 1.14 bits per heavy atom. The average molecular weight is 308 g/mol. The smallest absolute Gasteiger partial charge is 0.106 e. The summed E-state index contributed by atoms with van der Waals surface area (Å²) in [4.78, 5) is 2.47. The van der Waals surface area contributed by atoms with Crippen LogP contribution in [0.3, 0.4) is 0 Å². The van der Waals surface area contributed by atoms with Crippen LogP contribution in [-0.2, 0) is 4.74 Å². The topological polar surface area (TPSA) is 37.6 Å². The first kappa shape index (κ1) is 17.5. The van der Waals surface area contributed by atoms with Crippen molar-refractivity contribution in [3.05, 3.63) is 24.2 Å². The van der Waals surface area contributed by atoms with Gasteiger partial charge in [-0.3, -0.25) is 4.90 Å². The summed E-state index contributed by atoms with van der Waals surface area (Å²) in [5.74, 6) is 2.45. The van der Waals surface area contributed by atoms with Crippen LogP contribution in [0.5, 0.6) is 0 Å². The normalized spacial score (nSPS) is 18.0. The van der Waals surface area contributed by atoms with Gasteiger partial charge in [-0.2, -0.15) is 0 Å². The van der Waals surface area contributed by atoms with Gasteiger partial charge in [0, 0.05) is 32.1 Å². The first-order valence-corrected chi connectivity index (χ1v) is 8.80. The van der Waals surface area contributed by atoms with E-state index in [0.717, 1.165) is 64.0 Å². The molecule has 1 atom stereocenters. The minimum atomic E-state index is 0.549. The van der Waals surface area contributed by atoms with Crippen LogP contribution in [0.25, 0.3) is 0 Å². The van der Waals surface area contributed by atoms with Crippen molar-refractivity contribution in [2.75, 3.05) is 45.9 Å². The highest BCUT2D eigenvalue weighted by atomic mass is 16.5. The molecule has 0 spiro atoms. The first-order valence-electron chi connectivity index (χ1n) is 8.80. The second-order valence-corrected chi connectivity index (χ2v) is 6.68. The third kappa shape index (κ3) is 6.51. The van der Waals surface area contributed by atoms with Crippen LogP contribution < -0.4 is 5.32 Å². The fraction of sp³-hybridized carbons (Fsp3) is 0.778. The molecule has 1 aromatic rings. The quantitative estimate of drug-likeness (QED) is 0.674. The summed E-state index contributed by atoms with van der Waals surface area (Å²) < 4.78 is 11.0. The number of nitrogens with one attached hydrogen (secondary N) is 1. The average Bonchev–Trinajstić information content (AvgIpc) is 3.05. The van der Waals surface area contributed by atoms with Crippen LogP contribution in [0.2, 0.25) is 0 Å². The summed E-state index contributed by atoms with van der Waals surface area (Å²) in [5.41, 5.74) is 0. The Morgan fingerprint density at radius 3 is 2.64 bits per heavy atom. The van der Waals surface area contributed by atoms with Crippen molar-refractivity contribution in [3.8, 4) is 0 Å². The molecule has 2 rings (SSSR count). The molecule has 0 saturated carbocycles. The second-order valence-electron chi connectivity index (χ2n) is 6.68. The van der Waals surface area contributed by atoms with Crippen LogP contribution in [-0.4, -0.2) is 50.8 Å². The van der Waals surface area contributed by atoms with Gasteiger partial charge in [-0.25, -0.2) is 0 Å². The van der Waals surface area contributed by atoms with Gasteiger partial charge in [0.25, 0.3) is 0 Å². The Labute approximate surface area is 135 Å². The molecule has 0 radical (unpaired) electrons. The highest BCUT2D eigenvalue weighted by molar-refractivity contribution is 5.05. The summed E-state index contributed by atoms with van der Waals surface area (Å²) >= 11 is 0. The Bertz CT molecular complexity index is 372. The first-order chi connectivity index (χ1) is 10.8. The Balaban J connectivity index is 1.63. The van der Waals surface area contributed by atoms with E-state index in [4.69, 9.17) is 9.15 Å². The van der Waals surface area contributed by atoms with E-state index in [1.807, 2.05) is 6.07 Å². The molecule has 1 N–H and O–H groups in total. The van der Waals surface area contributed by atoms with Gasteiger partial charge < -0.3 is 14.5 Å². The van der Waals surface area contributed by atoms with E-state index in [1.54, 1.807) is 6.26 Å². The molecule has 1 aromatic heterocycles. The summed E-state index contributed by atoms with van der Waals surface area (Å²) in [6.07, 6.45) is 5.43. The lowest BCUT2D eigenvalue weighted by atomic mass is 9.93. The van der Waals surface area contributed by atoms with Crippen molar-refractivity contribution in [1.29, 1.82) is 0 Å². The second kappa shape index (κ2) is 10.0. The lowest BCUT2D eigenvalue weighted by molar-refractivity contribution is 0.0384. The van der Waals surface area contributed by atoms with E-state index in [1.165, 1.54) is 12.8 Å². The molecule has 0 unspecified atom stereocenters. The van der Waals surface area contributed by atoms with Crippen molar-refractivity contribution in [3.63, 3.8) is 0 Å². The molecule has 1 aliphatic rings. The number of morpholine rings is 1.